The molecule has 1 aliphatic rings. The van der Waals surface area contributed by atoms with Crippen LogP contribution in [0.5, 0.6) is 0 Å². The van der Waals surface area contributed by atoms with E-state index in [9.17, 15) is 9.59 Å². The molecule has 1 aromatic carbocycles. The second kappa shape index (κ2) is 8.53. The maximum Gasteiger partial charge on any atom is 0.242 e. The Hall–Kier alpha value is -2.08. The lowest BCUT2D eigenvalue weighted by Gasteiger charge is -2.27. The fraction of sp³-hybridized carbons (Fsp3) is 0.529. The topological polar surface area (TPSA) is 64.7 Å². The molecule has 0 unspecified atom stereocenters. The first-order valence-electron chi connectivity index (χ1n) is 8.22. The first kappa shape index (κ1) is 17.3. The molecule has 1 aromatic rings. The number of rotatable bonds is 7. The van der Waals surface area contributed by atoms with Gasteiger partial charge < -0.3 is 15.5 Å². The molecule has 2 rings (SSSR count). The molecule has 2 N–H and O–H groups in total. The predicted molar refractivity (Wildman–Crippen MR) is 91.1 cm³/mol. The van der Waals surface area contributed by atoms with Crippen molar-refractivity contribution in [2.45, 2.75) is 20.4 Å². The Morgan fingerprint density at radius 2 is 2.04 bits per heavy atom. The summed E-state index contributed by atoms with van der Waals surface area (Å²) in [6.07, 6.45) is 0. The number of benzene rings is 1. The molecule has 0 saturated carbocycles. The summed E-state index contributed by atoms with van der Waals surface area (Å²) in [4.78, 5) is 27.5. The van der Waals surface area contributed by atoms with E-state index in [-0.39, 0.29) is 24.9 Å². The minimum absolute atomic E-state index is 0.0440. The van der Waals surface area contributed by atoms with E-state index in [1.54, 1.807) is 4.90 Å². The molecule has 6 heteroatoms. The van der Waals surface area contributed by atoms with Crippen molar-refractivity contribution in [1.29, 1.82) is 0 Å². The minimum atomic E-state index is -0.0912. The van der Waals surface area contributed by atoms with Crippen LogP contribution in [0.15, 0.2) is 24.3 Å². The van der Waals surface area contributed by atoms with Crippen molar-refractivity contribution in [3.63, 3.8) is 0 Å². The Morgan fingerprint density at radius 3 is 2.74 bits per heavy atom. The summed E-state index contributed by atoms with van der Waals surface area (Å²) in [5.74, 6) is -0.135. The summed E-state index contributed by atoms with van der Waals surface area (Å²) in [6, 6.07) is 8.06. The third-order valence-corrected chi connectivity index (χ3v) is 4.13. The Bertz CT molecular complexity index is 543. The van der Waals surface area contributed by atoms with E-state index < -0.39 is 0 Å². The molecule has 1 aliphatic heterocycles. The van der Waals surface area contributed by atoms with Crippen molar-refractivity contribution in [2.75, 3.05) is 44.6 Å². The van der Waals surface area contributed by atoms with Crippen molar-refractivity contribution in [2.24, 2.45) is 0 Å². The van der Waals surface area contributed by atoms with Gasteiger partial charge in [0.1, 0.15) is 0 Å². The molecule has 1 saturated heterocycles. The van der Waals surface area contributed by atoms with E-state index >= 15 is 0 Å². The molecule has 0 atom stereocenters. The number of carbonyl (C=O) groups is 2. The highest BCUT2D eigenvalue weighted by molar-refractivity contribution is 5.87. The number of carbonyl (C=O) groups excluding carboxylic acids is 2. The van der Waals surface area contributed by atoms with Gasteiger partial charge in [0.15, 0.2) is 0 Å². The van der Waals surface area contributed by atoms with Gasteiger partial charge in [-0.1, -0.05) is 32.0 Å². The van der Waals surface area contributed by atoms with Crippen LogP contribution in [-0.2, 0) is 16.1 Å². The van der Waals surface area contributed by atoms with Crippen LogP contribution < -0.4 is 10.6 Å². The van der Waals surface area contributed by atoms with E-state index in [1.807, 2.05) is 18.2 Å². The lowest BCUT2D eigenvalue weighted by molar-refractivity contribution is -0.136. The summed E-state index contributed by atoms with van der Waals surface area (Å²) in [7, 11) is 0. The van der Waals surface area contributed by atoms with Crippen LogP contribution in [0.25, 0.3) is 0 Å². The number of amides is 2. The van der Waals surface area contributed by atoms with Gasteiger partial charge in [-0.3, -0.25) is 14.5 Å². The maximum absolute atomic E-state index is 12.2. The fourth-order valence-electron chi connectivity index (χ4n) is 2.65. The average Bonchev–Trinajstić information content (AvgIpc) is 2.58. The Morgan fingerprint density at radius 1 is 1.30 bits per heavy atom. The van der Waals surface area contributed by atoms with Crippen LogP contribution in [0.4, 0.5) is 5.69 Å². The summed E-state index contributed by atoms with van der Waals surface area (Å²) in [5.41, 5.74) is 2.16. The van der Waals surface area contributed by atoms with Gasteiger partial charge in [-0.25, -0.2) is 0 Å². The molecule has 0 bridgehead atoms. The number of hydrogen-bond acceptors (Lipinski definition) is 4. The van der Waals surface area contributed by atoms with Crippen molar-refractivity contribution < 1.29 is 9.59 Å². The second-order valence-electron chi connectivity index (χ2n) is 5.64. The first-order chi connectivity index (χ1) is 11.1. The third-order valence-electron chi connectivity index (χ3n) is 4.13. The number of hydrogen-bond donors (Lipinski definition) is 2. The van der Waals surface area contributed by atoms with Crippen LogP contribution in [-0.4, -0.2) is 60.9 Å². The van der Waals surface area contributed by atoms with Gasteiger partial charge >= 0.3 is 0 Å². The highest BCUT2D eigenvalue weighted by Crippen LogP contribution is 2.17. The molecule has 0 radical (unpaired) electrons. The van der Waals surface area contributed by atoms with Crippen molar-refractivity contribution >= 4 is 17.5 Å². The lowest BCUT2D eigenvalue weighted by atomic mass is 10.1. The number of piperazine rings is 1. The third kappa shape index (κ3) is 4.96. The zero-order valence-electron chi connectivity index (χ0n) is 14.0. The monoisotopic (exact) mass is 318 g/mol. The van der Waals surface area contributed by atoms with Gasteiger partial charge in [0.05, 0.1) is 13.1 Å². The second-order valence-corrected chi connectivity index (χ2v) is 5.64. The quantitative estimate of drug-likeness (QED) is 0.784. The van der Waals surface area contributed by atoms with Crippen LogP contribution >= 0.6 is 0 Å². The standard InChI is InChI=1S/C17H26N4O2/c1-3-20(4-2)12-14-7-5-6-8-15(14)19-11-17(23)21-10-9-18-16(22)13-21/h5-8,19H,3-4,9-13H2,1-2H3,(H,18,22). The summed E-state index contributed by atoms with van der Waals surface area (Å²) < 4.78 is 0. The Balaban J connectivity index is 1.94. The molecule has 1 fully saturated rings. The van der Waals surface area contributed by atoms with Gasteiger partial charge in [0.2, 0.25) is 11.8 Å². The average molecular weight is 318 g/mol. The first-order valence-corrected chi connectivity index (χ1v) is 8.22. The molecule has 6 nitrogen and oxygen atoms in total. The van der Waals surface area contributed by atoms with E-state index in [1.165, 1.54) is 5.56 Å². The maximum atomic E-state index is 12.2. The lowest BCUT2D eigenvalue weighted by Crippen LogP contribution is -2.51. The van der Waals surface area contributed by atoms with E-state index in [0.29, 0.717) is 13.1 Å². The summed E-state index contributed by atoms with van der Waals surface area (Å²) in [6.45, 7) is 8.60. The van der Waals surface area contributed by atoms with Crippen LogP contribution in [0, 0.1) is 0 Å². The number of anilines is 1. The van der Waals surface area contributed by atoms with Gasteiger partial charge in [-0.2, -0.15) is 0 Å². The van der Waals surface area contributed by atoms with Crippen molar-refractivity contribution in [3.05, 3.63) is 29.8 Å². The van der Waals surface area contributed by atoms with Crippen molar-refractivity contribution in [1.82, 2.24) is 15.1 Å². The molecule has 0 aromatic heterocycles. The van der Waals surface area contributed by atoms with Crippen LogP contribution in [0.3, 0.4) is 0 Å². The summed E-state index contributed by atoms with van der Waals surface area (Å²) in [5, 5.41) is 5.95. The number of nitrogens with one attached hydrogen (secondary N) is 2. The van der Waals surface area contributed by atoms with E-state index in [4.69, 9.17) is 0 Å². The van der Waals surface area contributed by atoms with Gasteiger partial charge in [0, 0.05) is 25.3 Å². The van der Waals surface area contributed by atoms with Crippen LogP contribution in [0.1, 0.15) is 19.4 Å². The molecule has 2 amide bonds. The molecular weight excluding hydrogens is 292 g/mol. The highest BCUT2D eigenvalue weighted by atomic mass is 16.2. The van der Waals surface area contributed by atoms with Crippen molar-refractivity contribution in [3.8, 4) is 0 Å². The molecule has 0 spiro atoms. The SMILES string of the molecule is CCN(CC)Cc1ccccc1NCC(=O)N1CCNC(=O)C1. The molecule has 23 heavy (non-hydrogen) atoms. The molecule has 1 heterocycles. The highest BCUT2D eigenvalue weighted by Gasteiger charge is 2.20. The minimum Gasteiger partial charge on any atom is -0.376 e. The Labute approximate surface area is 137 Å². The van der Waals surface area contributed by atoms with Gasteiger partial charge in [-0.05, 0) is 24.7 Å². The zero-order valence-corrected chi connectivity index (χ0v) is 14.0. The van der Waals surface area contributed by atoms with Gasteiger partial charge in [-0.15, -0.1) is 0 Å². The van der Waals surface area contributed by atoms with Crippen LogP contribution in [0.2, 0.25) is 0 Å². The van der Waals surface area contributed by atoms with E-state index in [2.05, 4.69) is 35.4 Å². The summed E-state index contributed by atoms with van der Waals surface area (Å²) >= 11 is 0. The number of para-hydroxylation sites is 1. The number of nitrogens with zero attached hydrogens (tertiary/aromatic N) is 2. The fourth-order valence-corrected chi connectivity index (χ4v) is 2.65. The predicted octanol–water partition coefficient (Wildman–Crippen LogP) is 0.899. The molecule has 0 aliphatic carbocycles. The van der Waals surface area contributed by atoms with Gasteiger partial charge in [0.25, 0.3) is 0 Å². The Kier molecular flexibility index (Phi) is 6.40. The smallest absolute Gasteiger partial charge is 0.242 e. The zero-order chi connectivity index (χ0) is 16.7. The largest absolute Gasteiger partial charge is 0.376 e. The molecular formula is C17H26N4O2. The molecule has 126 valence electrons. The van der Waals surface area contributed by atoms with E-state index in [0.717, 1.165) is 25.3 Å². The normalized spacial score (nSPS) is 14.7.